The van der Waals surface area contributed by atoms with E-state index in [1.807, 2.05) is 6.07 Å². The predicted molar refractivity (Wildman–Crippen MR) is 89.0 cm³/mol. The zero-order chi connectivity index (χ0) is 15.9. The quantitative estimate of drug-likeness (QED) is 0.620. The Morgan fingerprint density at radius 1 is 1.50 bits per heavy atom. The molecule has 6 nitrogen and oxygen atoms in total. The van der Waals surface area contributed by atoms with Crippen LogP contribution in [0.3, 0.4) is 0 Å². The molecule has 0 aliphatic carbocycles. The van der Waals surface area contributed by atoms with Crippen molar-refractivity contribution in [1.29, 1.82) is 0 Å². The van der Waals surface area contributed by atoms with Crippen LogP contribution in [-0.2, 0) is 6.54 Å². The van der Waals surface area contributed by atoms with E-state index >= 15 is 0 Å². The maximum Gasteiger partial charge on any atom is 0.191 e. The lowest BCUT2D eigenvalue weighted by molar-refractivity contribution is 0.376. The Balaban J connectivity index is 1.85. The highest BCUT2D eigenvalue weighted by molar-refractivity contribution is 5.79. The minimum Gasteiger partial charge on any atom is -0.359 e. The Morgan fingerprint density at radius 2 is 2.32 bits per heavy atom. The van der Waals surface area contributed by atoms with Gasteiger partial charge in [0.1, 0.15) is 6.54 Å². The number of likely N-dealkylation sites (tertiary alicyclic amines) is 1. The highest BCUT2D eigenvalue weighted by Crippen LogP contribution is 2.15. The molecular formula is C16H29N5O. The van der Waals surface area contributed by atoms with Crippen molar-refractivity contribution >= 4 is 5.96 Å². The Morgan fingerprint density at radius 3 is 2.91 bits per heavy atom. The third kappa shape index (κ3) is 5.02. The van der Waals surface area contributed by atoms with Crippen LogP contribution in [0.2, 0.25) is 0 Å². The summed E-state index contributed by atoms with van der Waals surface area (Å²) < 4.78 is 5.33. The minimum absolute atomic E-state index is 0.382. The fourth-order valence-corrected chi connectivity index (χ4v) is 2.61. The summed E-state index contributed by atoms with van der Waals surface area (Å²) in [6.07, 6.45) is 1.25. The molecule has 0 spiro atoms. The fourth-order valence-electron chi connectivity index (χ4n) is 2.61. The summed E-state index contributed by atoms with van der Waals surface area (Å²) in [5.74, 6) is 2.74. The molecule has 2 N–H and O–H groups in total. The molecule has 0 radical (unpaired) electrons. The normalized spacial score (nSPS) is 19.9. The van der Waals surface area contributed by atoms with Crippen molar-refractivity contribution in [2.24, 2.45) is 10.9 Å². The van der Waals surface area contributed by atoms with E-state index in [4.69, 9.17) is 4.52 Å². The van der Waals surface area contributed by atoms with Gasteiger partial charge in [-0.15, -0.1) is 0 Å². The largest absolute Gasteiger partial charge is 0.359 e. The third-order valence-electron chi connectivity index (χ3n) is 3.95. The monoisotopic (exact) mass is 307 g/mol. The Labute approximate surface area is 133 Å². The number of hydrogen-bond donors (Lipinski definition) is 2. The van der Waals surface area contributed by atoms with Crippen molar-refractivity contribution < 1.29 is 4.52 Å². The van der Waals surface area contributed by atoms with Crippen LogP contribution < -0.4 is 10.6 Å². The molecule has 1 atom stereocenters. The molecule has 1 aromatic rings. The molecule has 1 aliphatic rings. The third-order valence-corrected chi connectivity index (χ3v) is 3.95. The molecule has 1 fully saturated rings. The first kappa shape index (κ1) is 16.8. The van der Waals surface area contributed by atoms with Crippen molar-refractivity contribution in [3.8, 4) is 0 Å². The van der Waals surface area contributed by atoms with Gasteiger partial charge in [0, 0.05) is 25.7 Å². The molecule has 6 heteroatoms. The standard InChI is InChI=1S/C16H29N5O/c1-5-17-16(18-9-13-6-7-21(4)11-13)19-10-14-8-15(12(2)3)20-22-14/h8,12-13H,5-7,9-11H2,1-4H3,(H2,17,18,19). The Bertz CT molecular complexity index is 483. The van der Waals surface area contributed by atoms with Crippen LogP contribution in [-0.4, -0.2) is 49.2 Å². The highest BCUT2D eigenvalue weighted by atomic mass is 16.5. The van der Waals surface area contributed by atoms with Crippen LogP contribution in [0.15, 0.2) is 15.6 Å². The second-order valence-electron chi connectivity index (χ2n) is 6.37. The van der Waals surface area contributed by atoms with Crippen molar-refractivity contribution in [3.63, 3.8) is 0 Å². The lowest BCUT2D eigenvalue weighted by Gasteiger charge is -2.15. The number of aliphatic imine (C=N–C) groups is 1. The summed E-state index contributed by atoms with van der Waals surface area (Å²) in [5.41, 5.74) is 0.983. The molecule has 2 rings (SSSR count). The molecule has 22 heavy (non-hydrogen) atoms. The van der Waals surface area contributed by atoms with Gasteiger partial charge in [0.05, 0.1) is 5.69 Å². The van der Waals surface area contributed by atoms with Gasteiger partial charge in [-0.25, -0.2) is 4.99 Å². The van der Waals surface area contributed by atoms with Gasteiger partial charge >= 0.3 is 0 Å². The number of nitrogens with zero attached hydrogens (tertiary/aromatic N) is 3. The predicted octanol–water partition coefficient (Wildman–Crippen LogP) is 1.80. The average molecular weight is 307 g/mol. The van der Waals surface area contributed by atoms with Crippen molar-refractivity contribution in [2.45, 2.75) is 39.7 Å². The van der Waals surface area contributed by atoms with Crippen molar-refractivity contribution in [1.82, 2.24) is 20.7 Å². The highest BCUT2D eigenvalue weighted by Gasteiger charge is 2.19. The summed E-state index contributed by atoms with van der Waals surface area (Å²) in [5, 5.41) is 10.8. The van der Waals surface area contributed by atoms with Crippen LogP contribution >= 0.6 is 0 Å². The van der Waals surface area contributed by atoms with Gasteiger partial charge in [-0.05, 0) is 38.8 Å². The fraction of sp³-hybridized carbons (Fsp3) is 0.750. The Hall–Kier alpha value is -1.56. The van der Waals surface area contributed by atoms with Crippen LogP contribution in [0.5, 0.6) is 0 Å². The average Bonchev–Trinajstić information content (AvgIpc) is 3.11. The zero-order valence-electron chi connectivity index (χ0n) is 14.2. The van der Waals surface area contributed by atoms with Gasteiger partial charge in [0.15, 0.2) is 11.7 Å². The van der Waals surface area contributed by atoms with E-state index in [1.54, 1.807) is 0 Å². The lowest BCUT2D eigenvalue weighted by Crippen LogP contribution is -2.40. The van der Waals surface area contributed by atoms with Crippen LogP contribution in [0.4, 0.5) is 0 Å². The van der Waals surface area contributed by atoms with E-state index in [0.29, 0.717) is 18.4 Å². The molecule has 1 saturated heterocycles. The first-order valence-corrected chi connectivity index (χ1v) is 8.24. The molecule has 0 saturated carbocycles. The van der Waals surface area contributed by atoms with E-state index in [-0.39, 0.29) is 0 Å². The second-order valence-corrected chi connectivity index (χ2v) is 6.37. The van der Waals surface area contributed by atoms with E-state index < -0.39 is 0 Å². The van der Waals surface area contributed by atoms with E-state index in [0.717, 1.165) is 37.0 Å². The van der Waals surface area contributed by atoms with Gasteiger partial charge in [0.25, 0.3) is 0 Å². The SMILES string of the molecule is CCNC(=NCc1cc(C(C)C)no1)NCC1CCN(C)C1. The molecule has 124 valence electrons. The molecule has 0 aromatic carbocycles. The maximum absolute atomic E-state index is 5.33. The van der Waals surface area contributed by atoms with Gasteiger partial charge in [-0.2, -0.15) is 0 Å². The molecule has 2 heterocycles. The van der Waals surface area contributed by atoms with Gasteiger partial charge in [-0.1, -0.05) is 19.0 Å². The van der Waals surface area contributed by atoms with E-state index in [2.05, 4.69) is 53.5 Å². The van der Waals surface area contributed by atoms with Crippen LogP contribution in [0, 0.1) is 5.92 Å². The van der Waals surface area contributed by atoms with Crippen LogP contribution in [0.25, 0.3) is 0 Å². The summed E-state index contributed by atoms with van der Waals surface area (Å²) in [6, 6.07) is 1.99. The molecular weight excluding hydrogens is 278 g/mol. The second kappa shape index (κ2) is 8.17. The van der Waals surface area contributed by atoms with E-state index in [1.165, 1.54) is 13.0 Å². The zero-order valence-corrected chi connectivity index (χ0v) is 14.2. The summed E-state index contributed by atoms with van der Waals surface area (Å²) in [4.78, 5) is 6.96. The topological polar surface area (TPSA) is 65.7 Å². The molecule has 1 aliphatic heterocycles. The first-order chi connectivity index (χ1) is 10.6. The molecule has 1 aromatic heterocycles. The van der Waals surface area contributed by atoms with Crippen LogP contribution in [0.1, 0.15) is 44.6 Å². The van der Waals surface area contributed by atoms with Gasteiger partial charge in [0.2, 0.25) is 0 Å². The van der Waals surface area contributed by atoms with Crippen molar-refractivity contribution in [3.05, 3.63) is 17.5 Å². The molecule has 0 amide bonds. The van der Waals surface area contributed by atoms with Gasteiger partial charge < -0.3 is 20.1 Å². The van der Waals surface area contributed by atoms with Crippen molar-refractivity contribution in [2.75, 3.05) is 33.2 Å². The number of hydrogen-bond acceptors (Lipinski definition) is 4. The lowest BCUT2D eigenvalue weighted by atomic mass is 10.1. The molecule has 1 unspecified atom stereocenters. The number of nitrogens with one attached hydrogen (secondary N) is 2. The van der Waals surface area contributed by atoms with Gasteiger partial charge in [-0.3, -0.25) is 0 Å². The number of guanidine groups is 1. The Kier molecular flexibility index (Phi) is 6.24. The summed E-state index contributed by atoms with van der Waals surface area (Å²) >= 11 is 0. The molecule has 0 bridgehead atoms. The first-order valence-electron chi connectivity index (χ1n) is 8.24. The van der Waals surface area contributed by atoms with E-state index in [9.17, 15) is 0 Å². The number of aromatic nitrogens is 1. The smallest absolute Gasteiger partial charge is 0.191 e. The minimum atomic E-state index is 0.382. The summed E-state index contributed by atoms with van der Waals surface area (Å²) in [7, 11) is 2.18. The number of rotatable bonds is 6. The summed E-state index contributed by atoms with van der Waals surface area (Å²) in [6.45, 7) is 11.0. The maximum atomic E-state index is 5.33.